The van der Waals surface area contributed by atoms with E-state index in [4.69, 9.17) is 4.43 Å². The third-order valence-corrected chi connectivity index (χ3v) is 8.59. The Labute approximate surface area is 133 Å². The topological polar surface area (TPSA) is 72.6 Å². The van der Waals surface area contributed by atoms with Crippen LogP contribution in [-0.4, -0.2) is 18.3 Å². The highest BCUT2D eigenvalue weighted by Gasteiger charge is 2.41. The van der Waals surface area contributed by atoms with E-state index >= 15 is 0 Å². The molecule has 6 heteroatoms. The number of aliphatic hydroxyl groups is 1. The van der Waals surface area contributed by atoms with E-state index in [-0.39, 0.29) is 17.3 Å². The van der Waals surface area contributed by atoms with Crippen molar-refractivity contribution in [3.8, 4) is 5.75 Å². The van der Waals surface area contributed by atoms with E-state index in [0.29, 0.717) is 17.7 Å². The van der Waals surface area contributed by atoms with Crippen LogP contribution in [0.25, 0.3) is 0 Å². The van der Waals surface area contributed by atoms with E-state index in [9.17, 15) is 15.2 Å². The van der Waals surface area contributed by atoms with Crippen LogP contribution in [0.5, 0.6) is 5.75 Å². The van der Waals surface area contributed by atoms with Crippen LogP contribution in [0.3, 0.4) is 0 Å². The van der Waals surface area contributed by atoms with Crippen molar-refractivity contribution in [2.24, 2.45) is 0 Å². The minimum absolute atomic E-state index is 0.0417. The van der Waals surface area contributed by atoms with Gasteiger partial charge in [-0.25, -0.2) is 0 Å². The first kappa shape index (κ1) is 18.6. The van der Waals surface area contributed by atoms with E-state index in [1.54, 1.807) is 0 Å². The number of nitrogens with zero attached hydrogens (tertiary/aromatic N) is 1. The molecule has 0 saturated heterocycles. The van der Waals surface area contributed by atoms with Gasteiger partial charge in [0.2, 0.25) is 0 Å². The number of aliphatic hydroxyl groups excluding tert-OH is 1. The maximum Gasteiger partial charge on any atom is 0.310 e. The quantitative estimate of drug-likeness (QED) is 0.477. The highest BCUT2D eigenvalue weighted by Crippen LogP contribution is 2.42. The zero-order chi connectivity index (χ0) is 17.1. The van der Waals surface area contributed by atoms with Crippen molar-refractivity contribution in [1.29, 1.82) is 0 Å². The summed E-state index contributed by atoms with van der Waals surface area (Å²) < 4.78 is 6.26. The molecule has 0 aliphatic carbocycles. The summed E-state index contributed by atoms with van der Waals surface area (Å²) in [5, 5.41) is 20.7. The first-order valence-electron chi connectivity index (χ1n) is 7.63. The molecule has 124 valence electrons. The van der Waals surface area contributed by atoms with Gasteiger partial charge in [0.1, 0.15) is 0 Å². The molecule has 1 rings (SSSR count). The van der Waals surface area contributed by atoms with Crippen LogP contribution in [0.2, 0.25) is 18.1 Å². The molecule has 0 bridgehead atoms. The number of hydrogen-bond acceptors (Lipinski definition) is 4. The molecular weight excluding hydrogens is 298 g/mol. The SMILES string of the molecule is CCCc1cc(CO)cc([N+](=O)[O-])c1O[Si](C)(C)C(C)(C)C. The van der Waals surface area contributed by atoms with E-state index in [0.717, 1.165) is 12.0 Å². The second-order valence-electron chi connectivity index (χ2n) is 7.13. The Balaban J connectivity index is 3.46. The van der Waals surface area contributed by atoms with Crippen molar-refractivity contribution in [3.05, 3.63) is 33.4 Å². The van der Waals surface area contributed by atoms with Crippen molar-refractivity contribution in [3.63, 3.8) is 0 Å². The van der Waals surface area contributed by atoms with Crippen molar-refractivity contribution in [2.45, 2.75) is 65.3 Å². The van der Waals surface area contributed by atoms with Crippen LogP contribution >= 0.6 is 0 Å². The summed E-state index contributed by atoms with van der Waals surface area (Å²) in [5.41, 5.74) is 1.32. The first-order valence-corrected chi connectivity index (χ1v) is 10.5. The van der Waals surface area contributed by atoms with E-state index in [2.05, 4.69) is 33.9 Å². The lowest BCUT2D eigenvalue weighted by molar-refractivity contribution is -0.385. The lowest BCUT2D eigenvalue weighted by Crippen LogP contribution is -2.44. The third kappa shape index (κ3) is 4.07. The van der Waals surface area contributed by atoms with Gasteiger partial charge in [0, 0.05) is 11.6 Å². The summed E-state index contributed by atoms with van der Waals surface area (Å²) in [4.78, 5) is 11.0. The number of hydrogen-bond donors (Lipinski definition) is 1. The highest BCUT2D eigenvalue weighted by atomic mass is 28.4. The van der Waals surface area contributed by atoms with Gasteiger partial charge in [-0.05, 0) is 36.2 Å². The molecule has 1 aromatic carbocycles. The monoisotopic (exact) mass is 325 g/mol. The van der Waals surface area contributed by atoms with Crippen LogP contribution in [0.1, 0.15) is 45.2 Å². The van der Waals surface area contributed by atoms with Crippen LogP contribution in [-0.2, 0) is 13.0 Å². The number of nitro groups is 1. The summed E-state index contributed by atoms with van der Waals surface area (Å²) in [6, 6.07) is 3.24. The zero-order valence-corrected chi connectivity index (χ0v) is 15.4. The fourth-order valence-electron chi connectivity index (χ4n) is 1.94. The fourth-order valence-corrected chi connectivity index (χ4v) is 3.00. The predicted octanol–water partition coefficient (Wildman–Crippen LogP) is 4.42. The number of aryl methyl sites for hydroxylation is 1. The minimum atomic E-state index is -2.18. The second kappa shape index (κ2) is 6.79. The van der Waals surface area contributed by atoms with Crippen LogP contribution in [0, 0.1) is 10.1 Å². The number of benzene rings is 1. The van der Waals surface area contributed by atoms with E-state index in [1.807, 2.05) is 13.0 Å². The molecule has 0 amide bonds. The molecule has 0 aromatic heterocycles. The highest BCUT2D eigenvalue weighted by molar-refractivity contribution is 6.74. The van der Waals surface area contributed by atoms with Gasteiger partial charge in [0.15, 0.2) is 5.75 Å². The molecule has 0 aliphatic rings. The lowest BCUT2D eigenvalue weighted by atomic mass is 10.0. The largest absolute Gasteiger partial charge is 0.539 e. The van der Waals surface area contributed by atoms with Gasteiger partial charge < -0.3 is 9.53 Å². The Morgan fingerprint density at radius 1 is 1.32 bits per heavy atom. The molecule has 0 aliphatic heterocycles. The summed E-state index contributed by atoms with van der Waals surface area (Å²) in [6.07, 6.45) is 1.55. The molecule has 1 aromatic rings. The maximum atomic E-state index is 11.4. The Morgan fingerprint density at radius 2 is 1.91 bits per heavy atom. The zero-order valence-electron chi connectivity index (χ0n) is 14.4. The van der Waals surface area contributed by atoms with Crippen molar-refractivity contribution in [2.75, 3.05) is 0 Å². The number of nitro benzene ring substituents is 1. The average Bonchev–Trinajstić information content (AvgIpc) is 2.38. The van der Waals surface area contributed by atoms with Gasteiger partial charge in [0.05, 0.1) is 11.5 Å². The molecule has 0 fully saturated rings. The van der Waals surface area contributed by atoms with E-state index in [1.165, 1.54) is 6.07 Å². The van der Waals surface area contributed by atoms with Crippen LogP contribution < -0.4 is 4.43 Å². The molecule has 0 spiro atoms. The Hall–Kier alpha value is -1.40. The molecule has 0 heterocycles. The molecule has 0 radical (unpaired) electrons. The average molecular weight is 325 g/mol. The van der Waals surface area contributed by atoms with Crippen LogP contribution in [0.4, 0.5) is 5.69 Å². The first-order chi connectivity index (χ1) is 10.0. The van der Waals surface area contributed by atoms with Gasteiger partial charge in [-0.2, -0.15) is 0 Å². The number of rotatable bonds is 6. The maximum absolute atomic E-state index is 11.4. The van der Waals surface area contributed by atoms with Gasteiger partial charge in [-0.15, -0.1) is 0 Å². The summed E-state index contributed by atoms with van der Waals surface area (Å²) in [6.45, 7) is 12.3. The Morgan fingerprint density at radius 3 is 2.32 bits per heavy atom. The smallest absolute Gasteiger partial charge is 0.310 e. The molecule has 0 atom stereocenters. The fraction of sp³-hybridized carbons (Fsp3) is 0.625. The standard InChI is InChI=1S/C16H27NO4Si/c1-7-8-13-9-12(11-18)10-14(17(19)20)15(13)21-22(5,6)16(2,3)4/h9-10,18H,7-8,11H2,1-6H3. The second-order valence-corrected chi connectivity index (χ2v) is 11.9. The molecule has 0 saturated carbocycles. The predicted molar refractivity (Wildman–Crippen MR) is 90.8 cm³/mol. The third-order valence-electron chi connectivity index (χ3n) is 4.27. The molecule has 22 heavy (non-hydrogen) atoms. The summed E-state index contributed by atoms with van der Waals surface area (Å²) in [7, 11) is -2.18. The van der Waals surface area contributed by atoms with E-state index < -0.39 is 13.2 Å². The van der Waals surface area contributed by atoms with Gasteiger partial charge >= 0.3 is 5.69 Å². The lowest BCUT2D eigenvalue weighted by Gasteiger charge is -2.36. The molecule has 0 unspecified atom stereocenters. The van der Waals surface area contributed by atoms with Gasteiger partial charge in [0.25, 0.3) is 8.32 Å². The molecule has 1 N–H and O–H groups in total. The van der Waals surface area contributed by atoms with Crippen molar-refractivity contribution >= 4 is 14.0 Å². The summed E-state index contributed by atoms with van der Waals surface area (Å²) in [5.74, 6) is 0.385. The Kier molecular flexibility index (Phi) is 5.75. The van der Waals surface area contributed by atoms with Crippen molar-refractivity contribution in [1.82, 2.24) is 0 Å². The molecule has 5 nitrogen and oxygen atoms in total. The summed E-state index contributed by atoms with van der Waals surface area (Å²) >= 11 is 0. The molecular formula is C16H27NO4Si. The van der Waals surface area contributed by atoms with Gasteiger partial charge in [-0.3, -0.25) is 10.1 Å². The van der Waals surface area contributed by atoms with Crippen molar-refractivity contribution < 1.29 is 14.5 Å². The minimum Gasteiger partial charge on any atom is -0.539 e. The Bertz CT molecular complexity index is 550. The van der Waals surface area contributed by atoms with Gasteiger partial charge in [-0.1, -0.05) is 34.1 Å². The normalized spacial score (nSPS) is 12.3. The van der Waals surface area contributed by atoms with Crippen LogP contribution in [0.15, 0.2) is 12.1 Å².